The molecule has 0 fully saturated rings. The van der Waals surface area contributed by atoms with Crippen molar-refractivity contribution in [1.29, 1.82) is 0 Å². The zero-order valence-electron chi connectivity index (χ0n) is 12.5. The van der Waals surface area contributed by atoms with Gasteiger partial charge in [0.05, 0.1) is 5.69 Å². The molecule has 5 heteroatoms. The quantitative estimate of drug-likeness (QED) is 0.879. The lowest BCUT2D eigenvalue weighted by molar-refractivity contribution is 0.288. The van der Waals surface area contributed by atoms with E-state index in [0.29, 0.717) is 12.5 Å². The molecule has 5 nitrogen and oxygen atoms in total. The number of H-pyrrole nitrogens is 1. The van der Waals surface area contributed by atoms with E-state index in [-0.39, 0.29) is 5.54 Å². The Balaban J connectivity index is 1.85. The van der Waals surface area contributed by atoms with Crippen molar-refractivity contribution in [2.75, 3.05) is 0 Å². The number of nitrogens with one attached hydrogen (secondary N) is 2. The molecule has 0 saturated carbocycles. The van der Waals surface area contributed by atoms with Gasteiger partial charge in [0.15, 0.2) is 0 Å². The summed E-state index contributed by atoms with van der Waals surface area (Å²) in [5, 5.41) is 10.3. The molecule has 0 spiro atoms. The number of ether oxygens (including phenoxy) is 1. The molecule has 0 amide bonds. The molecule has 0 saturated heterocycles. The number of pyridine rings is 1. The van der Waals surface area contributed by atoms with Crippen molar-refractivity contribution in [3.05, 3.63) is 41.3 Å². The van der Waals surface area contributed by atoms with E-state index in [0.717, 1.165) is 17.9 Å². The lowest BCUT2D eigenvalue weighted by Gasteiger charge is -2.20. The highest BCUT2D eigenvalue weighted by atomic mass is 16.5. The van der Waals surface area contributed by atoms with Crippen LogP contribution in [0.5, 0.6) is 5.88 Å². The lowest BCUT2D eigenvalue weighted by Crippen LogP contribution is -2.35. The second-order valence-corrected chi connectivity index (χ2v) is 5.94. The fraction of sp³-hybridized carbons (Fsp3) is 0.467. The third kappa shape index (κ3) is 4.66. The topological polar surface area (TPSA) is 62.8 Å². The maximum absolute atomic E-state index is 5.55. The summed E-state index contributed by atoms with van der Waals surface area (Å²) in [6, 6.07) is 5.92. The summed E-state index contributed by atoms with van der Waals surface area (Å²) in [7, 11) is 0. The second-order valence-electron chi connectivity index (χ2n) is 5.94. The van der Waals surface area contributed by atoms with Crippen molar-refractivity contribution >= 4 is 0 Å². The number of hydrogen-bond donors (Lipinski definition) is 2. The van der Waals surface area contributed by atoms with Gasteiger partial charge in [0.2, 0.25) is 5.88 Å². The van der Waals surface area contributed by atoms with Crippen LogP contribution in [0.15, 0.2) is 24.4 Å². The number of aryl methyl sites for hydroxylation is 1. The van der Waals surface area contributed by atoms with Gasteiger partial charge in [0.1, 0.15) is 6.61 Å². The Morgan fingerprint density at radius 1 is 1.30 bits per heavy atom. The predicted molar refractivity (Wildman–Crippen MR) is 78.5 cm³/mol. The number of aromatic nitrogens is 3. The van der Waals surface area contributed by atoms with Gasteiger partial charge in [-0.3, -0.25) is 10.1 Å². The fourth-order valence-electron chi connectivity index (χ4n) is 1.63. The normalized spacial score (nSPS) is 11.6. The SMILES string of the molecule is Cc1cc(OCc2ccc(CNC(C)(C)C)cn2)n[nH]1. The molecule has 2 heterocycles. The van der Waals surface area contributed by atoms with Crippen molar-refractivity contribution in [2.45, 2.75) is 46.4 Å². The molecule has 0 radical (unpaired) electrons. The molecule has 0 unspecified atom stereocenters. The van der Waals surface area contributed by atoms with E-state index in [9.17, 15) is 0 Å². The van der Waals surface area contributed by atoms with Gasteiger partial charge in [-0.2, -0.15) is 0 Å². The molecule has 0 aromatic carbocycles. The van der Waals surface area contributed by atoms with Gasteiger partial charge in [0, 0.05) is 30.0 Å². The van der Waals surface area contributed by atoms with Gasteiger partial charge >= 0.3 is 0 Å². The lowest BCUT2D eigenvalue weighted by atomic mass is 10.1. The summed E-state index contributed by atoms with van der Waals surface area (Å²) in [6.07, 6.45) is 1.88. The van der Waals surface area contributed by atoms with Crippen LogP contribution in [0.1, 0.15) is 37.7 Å². The highest BCUT2D eigenvalue weighted by Crippen LogP contribution is 2.10. The Hall–Kier alpha value is -1.88. The van der Waals surface area contributed by atoms with Crippen LogP contribution in [0.4, 0.5) is 0 Å². The van der Waals surface area contributed by atoms with E-state index < -0.39 is 0 Å². The minimum absolute atomic E-state index is 0.111. The first kappa shape index (κ1) is 14.5. The number of nitrogens with zero attached hydrogens (tertiary/aromatic N) is 2. The summed E-state index contributed by atoms with van der Waals surface area (Å²) < 4.78 is 5.55. The van der Waals surface area contributed by atoms with Crippen LogP contribution in [0, 0.1) is 6.92 Å². The summed E-state index contributed by atoms with van der Waals surface area (Å²) >= 11 is 0. The molecular weight excluding hydrogens is 252 g/mol. The van der Waals surface area contributed by atoms with Crippen molar-refractivity contribution in [2.24, 2.45) is 0 Å². The summed E-state index contributed by atoms with van der Waals surface area (Å²) in [5.74, 6) is 0.600. The summed E-state index contributed by atoms with van der Waals surface area (Å²) in [6.45, 7) is 9.63. The third-order valence-corrected chi connectivity index (χ3v) is 2.76. The first-order chi connectivity index (χ1) is 9.42. The molecule has 0 aliphatic rings. The van der Waals surface area contributed by atoms with Crippen LogP contribution >= 0.6 is 0 Å². The Bertz CT molecular complexity index is 540. The number of hydrogen-bond acceptors (Lipinski definition) is 4. The molecule has 2 rings (SSSR count). The van der Waals surface area contributed by atoms with Crippen LogP contribution in [-0.4, -0.2) is 20.7 Å². The average Bonchev–Trinajstić information content (AvgIpc) is 2.80. The molecule has 0 aliphatic heterocycles. The van der Waals surface area contributed by atoms with E-state index >= 15 is 0 Å². The molecule has 0 aliphatic carbocycles. The van der Waals surface area contributed by atoms with Crippen LogP contribution in [0.2, 0.25) is 0 Å². The minimum atomic E-state index is 0.111. The molecule has 108 valence electrons. The van der Waals surface area contributed by atoms with Crippen LogP contribution in [0.25, 0.3) is 0 Å². The van der Waals surface area contributed by atoms with E-state index in [1.165, 1.54) is 5.56 Å². The predicted octanol–water partition coefficient (Wildman–Crippen LogP) is 2.58. The van der Waals surface area contributed by atoms with Gasteiger partial charge in [-0.15, -0.1) is 5.10 Å². The van der Waals surface area contributed by atoms with Gasteiger partial charge in [-0.1, -0.05) is 6.07 Å². The Morgan fingerprint density at radius 3 is 2.65 bits per heavy atom. The molecule has 20 heavy (non-hydrogen) atoms. The molecule has 0 atom stereocenters. The molecule has 2 aromatic heterocycles. The largest absolute Gasteiger partial charge is 0.470 e. The Morgan fingerprint density at radius 2 is 2.10 bits per heavy atom. The maximum atomic E-state index is 5.55. The van der Waals surface area contributed by atoms with Gasteiger partial charge in [0.25, 0.3) is 0 Å². The van der Waals surface area contributed by atoms with Crippen molar-refractivity contribution in [3.63, 3.8) is 0 Å². The molecule has 2 N–H and O–H groups in total. The highest BCUT2D eigenvalue weighted by Gasteiger charge is 2.08. The zero-order chi connectivity index (χ0) is 14.6. The summed E-state index contributed by atoms with van der Waals surface area (Å²) in [4.78, 5) is 4.40. The maximum Gasteiger partial charge on any atom is 0.233 e. The number of aromatic amines is 1. The van der Waals surface area contributed by atoms with Crippen molar-refractivity contribution < 1.29 is 4.74 Å². The van der Waals surface area contributed by atoms with E-state index in [2.05, 4.69) is 47.3 Å². The minimum Gasteiger partial charge on any atom is -0.470 e. The second kappa shape index (κ2) is 6.05. The third-order valence-electron chi connectivity index (χ3n) is 2.76. The van der Waals surface area contributed by atoms with Gasteiger partial charge < -0.3 is 10.1 Å². The van der Waals surface area contributed by atoms with E-state index in [1.807, 2.05) is 25.3 Å². The standard InChI is InChI=1S/C15H22N4O/c1-11-7-14(19-18-11)20-10-13-6-5-12(8-16-13)9-17-15(2,3)4/h5-8,17H,9-10H2,1-4H3,(H,18,19). The van der Waals surface area contributed by atoms with Crippen LogP contribution in [0.3, 0.4) is 0 Å². The van der Waals surface area contributed by atoms with Gasteiger partial charge in [-0.05, 0) is 39.3 Å². The molecule has 0 bridgehead atoms. The van der Waals surface area contributed by atoms with Gasteiger partial charge in [-0.25, -0.2) is 0 Å². The van der Waals surface area contributed by atoms with Crippen molar-refractivity contribution in [3.8, 4) is 5.88 Å². The monoisotopic (exact) mass is 274 g/mol. The first-order valence-corrected chi connectivity index (χ1v) is 6.76. The number of rotatable bonds is 5. The van der Waals surface area contributed by atoms with E-state index in [1.54, 1.807) is 0 Å². The fourth-order valence-corrected chi connectivity index (χ4v) is 1.63. The molecule has 2 aromatic rings. The highest BCUT2D eigenvalue weighted by molar-refractivity contribution is 5.16. The van der Waals surface area contributed by atoms with Crippen LogP contribution < -0.4 is 10.1 Å². The molecular formula is C15H22N4O. The van der Waals surface area contributed by atoms with Crippen LogP contribution in [-0.2, 0) is 13.2 Å². The van der Waals surface area contributed by atoms with Crippen molar-refractivity contribution in [1.82, 2.24) is 20.5 Å². The summed E-state index contributed by atoms with van der Waals surface area (Å²) in [5.41, 5.74) is 3.15. The smallest absolute Gasteiger partial charge is 0.233 e. The Labute approximate surface area is 119 Å². The Kier molecular flexibility index (Phi) is 4.39. The average molecular weight is 274 g/mol. The first-order valence-electron chi connectivity index (χ1n) is 6.76. The van der Waals surface area contributed by atoms with E-state index in [4.69, 9.17) is 4.74 Å². The zero-order valence-corrected chi connectivity index (χ0v) is 12.5.